The molecule has 7 nitrogen and oxygen atoms in total. The molecule has 0 saturated heterocycles. The zero-order chi connectivity index (χ0) is 28.1. The van der Waals surface area contributed by atoms with Crippen molar-refractivity contribution < 1.29 is 14.3 Å². The molecular weight excluding hydrogens is 544 g/mol. The maximum atomic E-state index is 13.3. The van der Waals surface area contributed by atoms with Crippen LogP contribution in [0.2, 0.25) is 5.02 Å². The Balaban J connectivity index is 1.46. The van der Waals surface area contributed by atoms with Crippen LogP contribution in [0.25, 0.3) is 0 Å². The van der Waals surface area contributed by atoms with Crippen molar-refractivity contribution in [3.8, 4) is 5.75 Å². The summed E-state index contributed by atoms with van der Waals surface area (Å²) in [5, 5.41) is 9.36. The number of aromatic nitrogens is 3. The third-order valence-corrected chi connectivity index (χ3v) is 7.89. The number of nitrogens with zero attached hydrogens (tertiary/aromatic N) is 3. The summed E-state index contributed by atoms with van der Waals surface area (Å²) in [5.74, 6) is 1.50. The van der Waals surface area contributed by atoms with Crippen LogP contribution < -0.4 is 10.1 Å². The van der Waals surface area contributed by atoms with Gasteiger partial charge in [-0.1, -0.05) is 84.9 Å². The lowest BCUT2D eigenvalue weighted by Crippen LogP contribution is -2.29. The molecule has 2 heterocycles. The van der Waals surface area contributed by atoms with Crippen molar-refractivity contribution in [3.63, 3.8) is 0 Å². The number of nitrogens with one attached hydrogen (secondary N) is 1. The minimum Gasteiger partial charge on any atom is -0.489 e. The molecule has 1 unspecified atom stereocenters. The first-order valence-corrected chi connectivity index (χ1v) is 14.6. The van der Waals surface area contributed by atoms with Gasteiger partial charge in [0.05, 0.1) is 12.2 Å². The Kier molecular flexibility index (Phi) is 8.77. The van der Waals surface area contributed by atoms with E-state index in [9.17, 15) is 4.79 Å². The zero-order valence-electron chi connectivity index (χ0n) is 22.7. The second-order valence-corrected chi connectivity index (χ2v) is 10.9. The minimum absolute atomic E-state index is 0.338. The Labute approximate surface area is 243 Å². The summed E-state index contributed by atoms with van der Waals surface area (Å²) in [6.07, 6.45) is 0.732. The van der Waals surface area contributed by atoms with E-state index in [0.717, 1.165) is 23.1 Å². The quantitative estimate of drug-likeness (QED) is 0.157. The highest BCUT2D eigenvalue weighted by Crippen LogP contribution is 2.38. The SMILES string of the molecule is CCCOC(=O)C1=C(C)Nc2nc(SCc3ccccc3Cl)nn2C1c1cccc(OCc2ccccc2C)c1. The molecule has 0 bridgehead atoms. The van der Waals surface area contributed by atoms with Crippen molar-refractivity contribution in [3.05, 3.63) is 111 Å². The Bertz CT molecular complexity index is 1550. The fourth-order valence-electron chi connectivity index (χ4n) is 4.50. The Morgan fingerprint density at radius 1 is 1.05 bits per heavy atom. The molecule has 1 atom stereocenters. The van der Waals surface area contributed by atoms with Crippen LogP contribution in [0.4, 0.5) is 5.95 Å². The van der Waals surface area contributed by atoms with Crippen molar-refractivity contribution in [2.75, 3.05) is 11.9 Å². The molecule has 0 fully saturated rings. The fourth-order valence-corrected chi connectivity index (χ4v) is 5.62. The topological polar surface area (TPSA) is 78.3 Å². The minimum atomic E-state index is -0.537. The second kappa shape index (κ2) is 12.6. The second-order valence-electron chi connectivity index (χ2n) is 9.53. The number of carbonyl (C=O) groups excluding carboxylic acids is 1. The van der Waals surface area contributed by atoms with Crippen LogP contribution in [0, 0.1) is 6.92 Å². The summed E-state index contributed by atoms with van der Waals surface area (Å²) in [6.45, 7) is 6.69. The van der Waals surface area contributed by atoms with Gasteiger partial charge in [0.1, 0.15) is 18.4 Å². The first kappa shape index (κ1) is 27.8. The number of halogens is 1. The molecule has 0 saturated carbocycles. The number of thioether (sulfide) groups is 1. The number of ether oxygens (including phenoxy) is 2. The molecule has 4 aromatic rings. The normalized spacial score (nSPS) is 14.4. The van der Waals surface area contributed by atoms with E-state index in [2.05, 4.69) is 24.4 Å². The maximum Gasteiger partial charge on any atom is 0.338 e. The molecular formula is C31H31ClN4O3S. The van der Waals surface area contributed by atoms with Crippen molar-refractivity contribution >= 4 is 35.3 Å². The van der Waals surface area contributed by atoms with Crippen LogP contribution >= 0.6 is 23.4 Å². The number of fused-ring (bicyclic) bond motifs is 1. The van der Waals surface area contributed by atoms with E-state index in [0.29, 0.717) is 52.1 Å². The summed E-state index contributed by atoms with van der Waals surface area (Å²) < 4.78 is 13.5. The van der Waals surface area contributed by atoms with E-state index in [1.54, 1.807) is 4.68 Å². The van der Waals surface area contributed by atoms with Crippen LogP contribution in [0.3, 0.4) is 0 Å². The Hall–Kier alpha value is -3.75. The molecule has 1 aliphatic rings. The molecule has 1 aliphatic heterocycles. The number of aryl methyl sites for hydroxylation is 1. The lowest BCUT2D eigenvalue weighted by atomic mass is 9.95. The largest absolute Gasteiger partial charge is 0.489 e. The highest BCUT2D eigenvalue weighted by molar-refractivity contribution is 7.98. The summed E-state index contributed by atoms with van der Waals surface area (Å²) in [6, 6.07) is 23.1. The van der Waals surface area contributed by atoms with Crippen molar-refractivity contribution in [1.82, 2.24) is 14.8 Å². The first-order chi connectivity index (χ1) is 19.4. The standard InChI is InChI=1S/C31H31ClN4O3S/c1-4-16-38-29(37)27-21(3)33-30-34-31(40-19-24-12-7-8-15-26(24)32)35-36(30)28(27)22-13-9-14-25(17-22)39-18-23-11-6-5-10-20(23)2/h5-15,17,28H,4,16,18-19H2,1-3H3,(H,33,34,35). The van der Waals surface area contributed by atoms with Gasteiger partial charge in [0, 0.05) is 16.5 Å². The van der Waals surface area contributed by atoms with Gasteiger partial charge in [-0.05, 0) is 60.7 Å². The Morgan fingerprint density at radius 2 is 1.82 bits per heavy atom. The van der Waals surface area contributed by atoms with Gasteiger partial charge in [0.15, 0.2) is 0 Å². The van der Waals surface area contributed by atoms with Crippen LogP contribution in [-0.4, -0.2) is 27.3 Å². The van der Waals surface area contributed by atoms with Crippen molar-refractivity contribution in [2.24, 2.45) is 0 Å². The van der Waals surface area contributed by atoms with Crippen LogP contribution in [0.5, 0.6) is 5.75 Å². The fraction of sp³-hybridized carbons (Fsp3) is 0.258. The highest BCUT2D eigenvalue weighted by atomic mass is 35.5. The van der Waals surface area contributed by atoms with Gasteiger partial charge < -0.3 is 14.8 Å². The third-order valence-electron chi connectivity index (χ3n) is 6.63. The molecule has 0 amide bonds. The van der Waals surface area contributed by atoms with E-state index in [-0.39, 0.29) is 5.97 Å². The number of rotatable bonds is 10. The summed E-state index contributed by atoms with van der Waals surface area (Å²) >= 11 is 7.84. The molecule has 40 heavy (non-hydrogen) atoms. The number of benzene rings is 3. The van der Waals surface area contributed by atoms with Crippen molar-refractivity contribution in [1.29, 1.82) is 0 Å². The highest BCUT2D eigenvalue weighted by Gasteiger charge is 2.35. The van der Waals surface area contributed by atoms with Gasteiger partial charge in [-0.15, -0.1) is 5.10 Å². The molecule has 0 radical (unpaired) electrons. The molecule has 9 heteroatoms. The van der Waals surface area contributed by atoms with E-state index in [4.69, 9.17) is 31.2 Å². The van der Waals surface area contributed by atoms with Gasteiger partial charge in [0.2, 0.25) is 11.1 Å². The van der Waals surface area contributed by atoms with E-state index < -0.39 is 6.04 Å². The molecule has 3 aromatic carbocycles. The third kappa shape index (κ3) is 6.18. The first-order valence-electron chi connectivity index (χ1n) is 13.2. The predicted molar refractivity (Wildman–Crippen MR) is 159 cm³/mol. The zero-order valence-corrected chi connectivity index (χ0v) is 24.3. The molecule has 0 aliphatic carbocycles. The molecule has 5 rings (SSSR count). The predicted octanol–water partition coefficient (Wildman–Crippen LogP) is 7.35. The number of carbonyl (C=O) groups is 1. The van der Waals surface area contributed by atoms with E-state index >= 15 is 0 Å². The van der Waals surface area contributed by atoms with E-state index in [1.807, 2.05) is 74.5 Å². The van der Waals surface area contributed by atoms with Crippen LogP contribution in [0.1, 0.15) is 48.6 Å². The van der Waals surface area contributed by atoms with Gasteiger partial charge in [-0.2, -0.15) is 4.98 Å². The molecule has 1 N–H and O–H groups in total. The van der Waals surface area contributed by atoms with Gasteiger partial charge in [-0.25, -0.2) is 9.48 Å². The molecule has 1 aromatic heterocycles. The summed E-state index contributed by atoms with van der Waals surface area (Å²) in [7, 11) is 0. The summed E-state index contributed by atoms with van der Waals surface area (Å²) in [5.41, 5.74) is 5.31. The lowest BCUT2D eigenvalue weighted by Gasteiger charge is -2.28. The van der Waals surface area contributed by atoms with Crippen LogP contribution in [0.15, 0.2) is 89.2 Å². The maximum absolute atomic E-state index is 13.3. The number of anilines is 1. The van der Waals surface area contributed by atoms with Gasteiger partial charge in [-0.3, -0.25) is 0 Å². The van der Waals surface area contributed by atoms with Gasteiger partial charge in [0.25, 0.3) is 0 Å². The number of hydrogen-bond acceptors (Lipinski definition) is 7. The molecule has 0 spiro atoms. The Morgan fingerprint density at radius 3 is 2.60 bits per heavy atom. The smallest absolute Gasteiger partial charge is 0.338 e. The monoisotopic (exact) mass is 574 g/mol. The van der Waals surface area contributed by atoms with E-state index in [1.165, 1.54) is 17.3 Å². The number of hydrogen-bond donors (Lipinski definition) is 1. The summed E-state index contributed by atoms with van der Waals surface area (Å²) in [4.78, 5) is 18.0. The lowest BCUT2D eigenvalue weighted by molar-refractivity contribution is -0.139. The average molecular weight is 575 g/mol. The van der Waals surface area contributed by atoms with Gasteiger partial charge >= 0.3 is 5.97 Å². The molecule has 206 valence electrons. The van der Waals surface area contributed by atoms with Crippen molar-refractivity contribution in [2.45, 2.75) is 50.8 Å². The average Bonchev–Trinajstić information content (AvgIpc) is 3.36. The van der Waals surface area contributed by atoms with Crippen LogP contribution in [-0.2, 0) is 21.9 Å². The number of allylic oxidation sites excluding steroid dienone is 1. The number of esters is 1.